The van der Waals surface area contributed by atoms with Gasteiger partial charge in [0.25, 0.3) is 0 Å². The third kappa shape index (κ3) is 4.23. The van der Waals surface area contributed by atoms with Crippen molar-refractivity contribution in [1.29, 1.82) is 0 Å². The summed E-state index contributed by atoms with van der Waals surface area (Å²) in [6.45, 7) is 5.05. The molecule has 22 heavy (non-hydrogen) atoms. The number of piperazine rings is 1. The highest BCUT2D eigenvalue weighted by atomic mass is 32.1. The minimum Gasteiger partial charge on any atom is -0.467 e. The molecule has 0 unspecified atom stereocenters. The Kier molecular flexibility index (Phi) is 5.73. The van der Waals surface area contributed by atoms with Crippen molar-refractivity contribution in [3.8, 4) is 0 Å². The molecule has 0 amide bonds. The average Bonchev–Trinajstić information content (AvgIpc) is 2.93. The van der Waals surface area contributed by atoms with Crippen LogP contribution in [0.25, 0.3) is 0 Å². The maximum atomic E-state index is 5.52. The third-order valence-electron chi connectivity index (χ3n) is 4.94. The number of furan rings is 1. The van der Waals surface area contributed by atoms with E-state index in [0.717, 1.165) is 43.1 Å². The molecule has 2 fully saturated rings. The van der Waals surface area contributed by atoms with E-state index in [2.05, 4.69) is 15.1 Å². The molecule has 1 N–H and O–H groups in total. The summed E-state index contributed by atoms with van der Waals surface area (Å²) >= 11 is 5.52. The summed E-state index contributed by atoms with van der Waals surface area (Å²) in [4.78, 5) is 4.99. The Morgan fingerprint density at radius 2 is 1.86 bits per heavy atom. The highest BCUT2D eigenvalue weighted by Crippen LogP contribution is 2.22. The fraction of sp³-hybridized carbons (Fsp3) is 0.706. The van der Waals surface area contributed by atoms with Crippen LogP contribution in [0, 0.1) is 0 Å². The van der Waals surface area contributed by atoms with E-state index in [0.29, 0.717) is 6.54 Å². The molecule has 2 aliphatic rings. The van der Waals surface area contributed by atoms with Crippen LogP contribution in [0.5, 0.6) is 0 Å². The molecule has 2 heterocycles. The Bertz CT molecular complexity index is 446. The normalized spacial score (nSPS) is 21.5. The first kappa shape index (κ1) is 15.8. The first-order valence-corrected chi connectivity index (χ1v) is 9.03. The smallest absolute Gasteiger partial charge is 0.169 e. The van der Waals surface area contributed by atoms with E-state index in [9.17, 15) is 0 Å². The molecule has 1 saturated heterocycles. The Balaban J connectivity index is 1.41. The van der Waals surface area contributed by atoms with Gasteiger partial charge in [-0.05, 0) is 37.2 Å². The third-order valence-corrected chi connectivity index (χ3v) is 5.34. The van der Waals surface area contributed by atoms with E-state index in [-0.39, 0.29) is 0 Å². The van der Waals surface area contributed by atoms with Gasteiger partial charge in [-0.3, -0.25) is 4.90 Å². The number of rotatable bonds is 3. The number of nitrogens with zero attached hydrogens (tertiary/aromatic N) is 2. The summed E-state index contributed by atoms with van der Waals surface area (Å²) in [5.74, 6) is 0.930. The van der Waals surface area contributed by atoms with Gasteiger partial charge in [0, 0.05) is 32.2 Å². The highest BCUT2D eigenvalue weighted by Gasteiger charge is 2.25. The van der Waals surface area contributed by atoms with Crippen LogP contribution in [0.15, 0.2) is 22.8 Å². The number of hydrogen-bond acceptors (Lipinski definition) is 3. The topological polar surface area (TPSA) is 31.7 Å². The summed E-state index contributed by atoms with van der Waals surface area (Å²) in [5.41, 5.74) is 0. The molecular weight excluding hydrogens is 294 g/mol. The summed E-state index contributed by atoms with van der Waals surface area (Å²) < 4.78 is 5.33. The van der Waals surface area contributed by atoms with Gasteiger partial charge in [-0.15, -0.1) is 0 Å². The van der Waals surface area contributed by atoms with Crippen molar-refractivity contribution in [3.63, 3.8) is 0 Å². The summed E-state index contributed by atoms with van der Waals surface area (Å²) in [6, 6.07) is 4.69. The van der Waals surface area contributed by atoms with E-state index < -0.39 is 0 Å². The summed E-state index contributed by atoms with van der Waals surface area (Å²) in [5, 5.41) is 4.16. The van der Waals surface area contributed by atoms with Gasteiger partial charge in [0.1, 0.15) is 5.76 Å². The minimum absolute atomic E-state index is 0.675. The molecule has 0 aromatic carbocycles. The van der Waals surface area contributed by atoms with Gasteiger partial charge in [-0.25, -0.2) is 0 Å². The lowest BCUT2D eigenvalue weighted by atomic mass is 10.1. The quantitative estimate of drug-likeness (QED) is 0.683. The van der Waals surface area contributed by atoms with Crippen LogP contribution >= 0.6 is 12.2 Å². The lowest BCUT2D eigenvalue weighted by molar-refractivity contribution is 0.121. The first-order valence-electron chi connectivity index (χ1n) is 8.62. The van der Waals surface area contributed by atoms with Gasteiger partial charge in [0.15, 0.2) is 5.11 Å². The van der Waals surface area contributed by atoms with Crippen LogP contribution in [0.1, 0.15) is 44.3 Å². The predicted octanol–water partition coefficient (Wildman–Crippen LogP) is 2.99. The molecule has 4 nitrogen and oxygen atoms in total. The fourth-order valence-corrected chi connectivity index (χ4v) is 3.86. The molecule has 3 rings (SSSR count). The SMILES string of the molecule is S=C(NCc1ccco1)N1CCN(C2CCCCCC2)CC1. The average molecular weight is 321 g/mol. The molecule has 5 heteroatoms. The minimum atomic E-state index is 0.675. The molecule has 1 aromatic rings. The van der Waals surface area contributed by atoms with E-state index in [1.54, 1.807) is 6.26 Å². The van der Waals surface area contributed by atoms with Gasteiger partial charge >= 0.3 is 0 Å². The zero-order valence-corrected chi connectivity index (χ0v) is 14.1. The zero-order chi connectivity index (χ0) is 15.2. The molecule has 0 radical (unpaired) electrons. The van der Waals surface area contributed by atoms with Crippen LogP contribution in [0.4, 0.5) is 0 Å². The van der Waals surface area contributed by atoms with Crippen LogP contribution in [0.3, 0.4) is 0 Å². The zero-order valence-electron chi connectivity index (χ0n) is 13.3. The molecule has 1 aromatic heterocycles. The maximum Gasteiger partial charge on any atom is 0.169 e. The van der Waals surface area contributed by atoms with Crippen molar-refractivity contribution < 1.29 is 4.42 Å². The highest BCUT2D eigenvalue weighted by molar-refractivity contribution is 7.80. The number of nitrogens with one attached hydrogen (secondary N) is 1. The van der Waals surface area contributed by atoms with Gasteiger partial charge in [-0.1, -0.05) is 25.7 Å². The van der Waals surface area contributed by atoms with Crippen molar-refractivity contribution in [2.45, 2.75) is 51.1 Å². The molecule has 1 aliphatic carbocycles. The molecule has 122 valence electrons. The molecule has 0 spiro atoms. The monoisotopic (exact) mass is 321 g/mol. The van der Waals surface area contributed by atoms with Crippen molar-refractivity contribution in [3.05, 3.63) is 24.2 Å². The maximum absolute atomic E-state index is 5.52. The van der Waals surface area contributed by atoms with Crippen LogP contribution in [-0.2, 0) is 6.54 Å². The Morgan fingerprint density at radius 3 is 2.50 bits per heavy atom. The van der Waals surface area contributed by atoms with E-state index in [4.69, 9.17) is 16.6 Å². The van der Waals surface area contributed by atoms with Crippen molar-refractivity contribution in [2.75, 3.05) is 26.2 Å². The standard InChI is InChI=1S/C17H27N3OS/c22-17(18-14-16-8-5-13-21-16)20-11-9-19(10-12-20)15-6-3-1-2-4-7-15/h5,8,13,15H,1-4,6-7,9-12,14H2,(H,18,22). The lowest BCUT2D eigenvalue weighted by Gasteiger charge is -2.40. The first-order chi connectivity index (χ1) is 10.8. The van der Waals surface area contributed by atoms with E-state index in [1.165, 1.54) is 38.5 Å². The van der Waals surface area contributed by atoms with Gasteiger partial charge in [0.2, 0.25) is 0 Å². The summed E-state index contributed by atoms with van der Waals surface area (Å²) in [7, 11) is 0. The molecule has 0 atom stereocenters. The van der Waals surface area contributed by atoms with E-state index in [1.807, 2.05) is 12.1 Å². The van der Waals surface area contributed by atoms with Crippen molar-refractivity contribution >= 4 is 17.3 Å². The molecule has 0 bridgehead atoms. The van der Waals surface area contributed by atoms with Gasteiger partial charge < -0.3 is 14.6 Å². The Labute approximate surface area is 138 Å². The van der Waals surface area contributed by atoms with Gasteiger partial charge in [0.05, 0.1) is 12.8 Å². The lowest BCUT2D eigenvalue weighted by Crippen LogP contribution is -2.53. The molecule has 1 saturated carbocycles. The van der Waals surface area contributed by atoms with Crippen LogP contribution < -0.4 is 5.32 Å². The van der Waals surface area contributed by atoms with Crippen LogP contribution in [-0.4, -0.2) is 47.1 Å². The van der Waals surface area contributed by atoms with E-state index >= 15 is 0 Å². The Hall–Kier alpha value is -1.07. The fourth-order valence-electron chi connectivity index (χ4n) is 3.60. The second-order valence-electron chi connectivity index (χ2n) is 6.41. The van der Waals surface area contributed by atoms with Crippen molar-refractivity contribution in [2.24, 2.45) is 0 Å². The summed E-state index contributed by atoms with van der Waals surface area (Å²) in [6.07, 6.45) is 10.2. The number of hydrogen-bond donors (Lipinski definition) is 1. The van der Waals surface area contributed by atoms with Crippen molar-refractivity contribution in [1.82, 2.24) is 15.1 Å². The molecular formula is C17H27N3OS. The second-order valence-corrected chi connectivity index (χ2v) is 6.79. The second kappa shape index (κ2) is 7.97. The van der Waals surface area contributed by atoms with Crippen LogP contribution in [0.2, 0.25) is 0 Å². The van der Waals surface area contributed by atoms with Gasteiger partial charge in [-0.2, -0.15) is 0 Å². The Morgan fingerprint density at radius 1 is 1.14 bits per heavy atom. The predicted molar refractivity (Wildman–Crippen MR) is 92.8 cm³/mol. The molecule has 1 aliphatic heterocycles. The number of thiocarbonyl (C=S) groups is 1. The largest absolute Gasteiger partial charge is 0.467 e.